The van der Waals surface area contributed by atoms with E-state index in [2.05, 4.69) is 67.4 Å². The number of rotatable bonds is 3. The molecule has 0 saturated carbocycles. The number of nitrogens with one attached hydrogen (secondary N) is 1. The van der Waals surface area contributed by atoms with Gasteiger partial charge in [0.25, 0.3) is 0 Å². The normalized spacial score (nSPS) is 12.7. The summed E-state index contributed by atoms with van der Waals surface area (Å²) < 4.78 is 3.84. The molecule has 0 radical (unpaired) electrons. The Kier molecular flexibility index (Phi) is 4.01. The summed E-state index contributed by atoms with van der Waals surface area (Å²) in [5.41, 5.74) is 2.28. The van der Waals surface area contributed by atoms with Crippen molar-refractivity contribution in [3.05, 3.63) is 45.1 Å². The van der Waals surface area contributed by atoms with Gasteiger partial charge in [0.2, 0.25) is 0 Å². The van der Waals surface area contributed by atoms with E-state index in [1.54, 1.807) is 6.20 Å². The van der Waals surface area contributed by atoms with Gasteiger partial charge in [-0.15, -0.1) is 0 Å². The Morgan fingerprint density at radius 3 is 2.65 bits per heavy atom. The van der Waals surface area contributed by atoms with Crippen molar-refractivity contribution in [2.45, 2.75) is 13.0 Å². The molecular weight excluding hydrogens is 346 g/mol. The van der Waals surface area contributed by atoms with Crippen LogP contribution in [0, 0.1) is 0 Å². The number of halogens is 2. The summed E-state index contributed by atoms with van der Waals surface area (Å²) in [6, 6.07) is 6.63. The van der Waals surface area contributed by atoms with E-state index in [0.29, 0.717) is 6.04 Å². The Labute approximate surface area is 117 Å². The molecule has 0 aliphatic carbocycles. The second kappa shape index (κ2) is 5.33. The van der Waals surface area contributed by atoms with E-state index >= 15 is 0 Å². The first-order chi connectivity index (χ1) is 8.11. The van der Waals surface area contributed by atoms with Gasteiger partial charge in [0.15, 0.2) is 0 Å². The van der Waals surface area contributed by atoms with Gasteiger partial charge in [0.1, 0.15) is 0 Å². The minimum absolute atomic E-state index is 0.338. The summed E-state index contributed by atoms with van der Waals surface area (Å²) in [7, 11) is 1.96. The van der Waals surface area contributed by atoms with Crippen LogP contribution < -0.4 is 5.32 Å². The Bertz CT molecular complexity index is 522. The summed E-state index contributed by atoms with van der Waals surface area (Å²) >= 11 is 6.98. The molecule has 1 aromatic heterocycles. The second-order valence-corrected chi connectivity index (χ2v) is 5.59. The van der Waals surface area contributed by atoms with Crippen LogP contribution in [0.2, 0.25) is 0 Å². The molecule has 3 nitrogen and oxygen atoms in total. The van der Waals surface area contributed by atoms with E-state index in [9.17, 15) is 0 Å². The Hall–Kier alpha value is -0.650. The van der Waals surface area contributed by atoms with Crippen molar-refractivity contribution in [3.8, 4) is 5.69 Å². The van der Waals surface area contributed by atoms with E-state index in [4.69, 9.17) is 0 Å². The predicted octanol–water partition coefficient (Wildman–Crippen LogP) is 3.68. The van der Waals surface area contributed by atoms with Gasteiger partial charge in [0.05, 0.1) is 16.4 Å². The summed E-state index contributed by atoms with van der Waals surface area (Å²) in [6.07, 6.45) is 3.71. The molecule has 2 aromatic rings. The molecule has 0 fully saturated rings. The third kappa shape index (κ3) is 2.78. The summed E-state index contributed by atoms with van der Waals surface area (Å²) in [6.45, 7) is 2.13. The molecule has 90 valence electrons. The SMILES string of the molecule is CNC(C)c1ccc(-n2cc(Br)cn2)c(Br)c1. The molecule has 0 aliphatic rings. The first-order valence-electron chi connectivity index (χ1n) is 5.29. The van der Waals surface area contributed by atoms with Crippen molar-refractivity contribution in [2.75, 3.05) is 7.05 Å². The van der Waals surface area contributed by atoms with Gasteiger partial charge in [-0.2, -0.15) is 5.10 Å². The highest BCUT2D eigenvalue weighted by Crippen LogP contribution is 2.25. The zero-order chi connectivity index (χ0) is 12.4. The molecule has 17 heavy (non-hydrogen) atoms. The lowest BCUT2D eigenvalue weighted by molar-refractivity contribution is 0.651. The van der Waals surface area contributed by atoms with Crippen molar-refractivity contribution < 1.29 is 0 Å². The lowest BCUT2D eigenvalue weighted by Crippen LogP contribution is -2.12. The van der Waals surface area contributed by atoms with Gasteiger partial charge >= 0.3 is 0 Å². The predicted molar refractivity (Wildman–Crippen MR) is 76.4 cm³/mol. The topological polar surface area (TPSA) is 29.9 Å². The molecule has 1 aromatic carbocycles. The van der Waals surface area contributed by atoms with Crippen molar-refractivity contribution in [1.82, 2.24) is 15.1 Å². The fourth-order valence-electron chi connectivity index (χ4n) is 1.58. The lowest BCUT2D eigenvalue weighted by atomic mass is 10.1. The van der Waals surface area contributed by atoms with Crippen molar-refractivity contribution in [2.24, 2.45) is 0 Å². The largest absolute Gasteiger partial charge is 0.313 e. The molecule has 0 spiro atoms. The van der Waals surface area contributed by atoms with Crippen molar-refractivity contribution >= 4 is 31.9 Å². The molecule has 0 amide bonds. The van der Waals surface area contributed by atoms with Crippen LogP contribution in [-0.4, -0.2) is 16.8 Å². The third-order valence-corrected chi connectivity index (χ3v) is 3.75. The third-order valence-electron chi connectivity index (χ3n) is 2.70. The Morgan fingerprint density at radius 2 is 2.12 bits per heavy atom. The Balaban J connectivity index is 2.38. The van der Waals surface area contributed by atoms with Crippen LogP contribution in [0.15, 0.2) is 39.5 Å². The van der Waals surface area contributed by atoms with E-state index in [0.717, 1.165) is 14.6 Å². The van der Waals surface area contributed by atoms with Crippen molar-refractivity contribution in [3.63, 3.8) is 0 Å². The number of hydrogen-bond acceptors (Lipinski definition) is 2. The van der Waals surface area contributed by atoms with Crippen LogP contribution in [0.5, 0.6) is 0 Å². The fraction of sp³-hybridized carbons (Fsp3) is 0.250. The van der Waals surface area contributed by atoms with Gasteiger partial charge in [-0.25, -0.2) is 4.68 Å². The summed E-state index contributed by atoms with van der Waals surface area (Å²) in [5, 5.41) is 7.49. The molecule has 2 rings (SSSR count). The van der Waals surface area contributed by atoms with Crippen LogP contribution in [0.1, 0.15) is 18.5 Å². The molecule has 0 bridgehead atoms. The zero-order valence-corrected chi connectivity index (χ0v) is 12.8. The van der Waals surface area contributed by atoms with Crippen molar-refractivity contribution in [1.29, 1.82) is 0 Å². The molecular formula is C12H13Br2N3. The maximum Gasteiger partial charge on any atom is 0.0788 e. The van der Waals surface area contributed by atoms with Gasteiger partial charge in [-0.05, 0) is 63.5 Å². The van der Waals surface area contributed by atoms with Crippen LogP contribution >= 0.6 is 31.9 Å². The quantitative estimate of drug-likeness (QED) is 0.906. The van der Waals surface area contributed by atoms with Gasteiger partial charge in [-0.3, -0.25) is 0 Å². The van der Waals surface area contributed by atoms with E-state index in [1.807, 2.05) is 17.9 Å². The number of aromatic nitrogens is 2. The molecule has 0 aliphatic heterocycles. The standard InChI is InChI=1S/C12H13Br2N3/c1-8(15-2)9-3-4-12(11(14)5-9)17-7-10(13)6-16-17/h3-8,15H,1-2H3. The first kappa shape index (κ1) is 12.8. The average Bonchev–Trinajstić information content (AvgIpc) is 2.74. The maximum absolute atomic E-state index is 4.27. The highest BCUT2D eigenvalue weighted by atomic mass is 79.9. The molecule has 0 saturated heterocycles. The summed E-state index contributed by atoms with van der Waals surface area (Å²) in [5.74, 6) is 0. The van der Waals surface area contributed by atoms with E-state index < -0.39 is 0 Å². The van der Waals surface area contributed by atoms with Crippen LogP contribution in [0.4, 0.5) is 0 Å². The maximum atomic E-state index is 4.27. The van der Waals surface area contributed by atoms with Gasteiger partial charge in [-0.1, -0.05) is 6.07 Å². The molecule has 5 heteroatoms. The minimum atomic E-state index is 0.338. The summed E-state index contributed by atoms with van der Waals surface area (Å²) in [4.78, 5) is 0. The number of hydrogen-bond donors (Lipinski definition) is 1. The van der Waals surface area contributed by atoms with Gasteiger partial charge < -0.3 is 5.32 Å². The number of nitrogens with zero attached hydrogens (tertiary/aromatic N) is 2. The highest BCUT2D eigenvalue weighted by molar-refractivity contribution is 9.10. The Morgan fingerprint density at radius 1 is 1.35 bits per heavy atom. The van der Waals surface area contributed by atoms with Crippen LogP contribution in [0.25, 0.3) is 5.69 Å². The molecule has 1 N–H and O–H groups in total. The molecule has 1 unspecified atom stereocenters. The van der Waals surface area contributed by atoms with Gasteiger partial charge in [0, 0.05) is 16.7 Å². The molecule has 1 atom stereocenters. The number of benzene rings is 1. The fourth-order valence-corrected chi connectivity index (χ4v) is 2.44. The highest BCUT2D eigenvalue weighted by Gasteiger charge is 2.08. The minimum Gasteiger partial charge on any atom is -0.313 e. The van der Waals surface area contributed by atoms with Crippen LogP contribution in [0.3, 0.4) is 0 Å². The monoisotopic (exact) mass is 357 g/mol. The smallest absolute Gasteiger partial charge is 0.0788 e. The lowest BCUT2D eigenvalue weighted by Gasteiger charge is -2.12. The average molecular weight is 359 g/mol. The van der Waals surface area contributed by atoms with E-state index in [1.165, 1.54) is 5.56 Å². The second-order valence-electron chi connectivity index (χ2n) is 3.82. The first-order valence-corrected chi connectivity index (χ1v) is 6.87. The molecule has 1 heterocycles. The zero-order valence-electron chi connectivity index (χ0n) is 9.61. The van der Waals surface area contributed by atoms with Crippen LogP contribution in [-0.2, 0) is 0 Å². The van der Waals surface area contributed by atoms with E-state index in [-0.39, 0.29) is 0 Å².